The number of para-hydroxylation sites is 1. The maximum absolute atomic E-state index is 11.6. The fourth-order valence-electron chi connectivity index (χ4n) is 1.53. The molecule has 1 aromatic carbocycles. The number of ether oxygens (including phenoxy) is 1. The van der Waals surface area contributed by atoms with Crippen LogP contribution < -0.4 is 4.90 Å². The van der Waals surface area contributed by atoms with Crippen LogP contribution in [0.25, 0.3) is 0 Å². The van der Waals surface area contributed by atoms with Crippen LogP contribution in [0.1, 0.15) is 5.56 Å². The van der Waals surface area contributed by atoms with Crippen LogP contribution in [0, 0.1) is 6.92 Å². The zero-order valence-corrected chi connectivity index (χ0v) is 10.4. The molecule has 0 radical (unpaired) electrons. The van der Waals surface area contributed by atoms with E-state index < -0.39 is 0 Å². The van der Waals surface area contributed by atoms with Gasteiger partial charge in [0.25, 0.3) is 0 Å². The van der Waals surface area contributed by atoms with E-state index in [0.717, 1.165) is 11.3 Å². The van der Waals surface area contributed by atoms with Crippen LogP contribution in [0.2, 0.25) is 0 Å². The fourth-order valence-corrected chi connectivity index (χ4v) is 1.85. The number of anilines is 1. The van der Waals surface area contributed by atoms with Gasteiger partial charge in [0.2, 0.25) is 0 Å². The molecule has 0 atom stereocenters. The van der Waals surface area contributed by atoms with E-state index in [4.69, 9.17) is 4.74 Å². The Morgan fingerprint density at radius 3 is 2.80 bits per heavy atom. The molecule has 78 valence electrons. The van der Waals surface area contributed by atoms with E-state index in [1.807, 2.05) is 31.2 Å². The maximum atomic E-state index is 11.6. The first kappa shape index (κ1) is 10.5. The lowest BCUT2D eigenvalue weighted by atomic mass is 10.2. The molecule has 3 nitrogen and oxygen atoms in total. The number of rotatable bonds is 1. The van der Waals surface area contributed by atoms with E-state index in [1.54, 1.807) is 8.98 Å². The van der Waals surface area contributed by atoms with Gasteiger partial charge in [-0.3, -0.25) is 4.90 Å². The highest BCUT2D eigenvalue weighted by Gasteiger charge is 2.28. The molecule has 1 saturated heterocycles. The lowest BCUT2D eigenvalue weighted by molar-refractivity contribution is 0.199. The number of nitrogens with zero attached hydrogens (tertiary/aromatic N) is 1. The minimum absolute atomic E-state index is 0.299. The Balaban J connectivity index is 2.33. The van der Waals surface area contributed by atoms with Gasteiger partial charge < -0.3 is 4.74 Å². The average molecular weight is 315 g/mol. The summed E-state index contributed by atoms with van der Waals surface area (Å²) in [6, 6.07) is 7.78. The van der Waals surface area contributed by atoms with Gasteiger partial charge >= 0.3 is 6.09 Å². The lowest BCUT2D eigenvalue weighted by Gasteiger charge is -2.14. The van der Waals surface area contributed by atoms with Crippen molar-refractivity contribution in [1.82, 2.24) is 0 Å². The van der Waals surface area contributed by atoms with Gasteiger partial charge in [-0.1, -0.05) is 18.2 Å². The number of cyclic esters (lactones) is 1. The first-order valence-corrected chi connectivity index (χ1v) is 5.81. The summed E-state index contributed by atoms with van der Waals surface area (Å²) >= 11 is 2.07. The second-order valence-corrected chi connectivity index (χ2v) is 3.94. The van der Waals surface area contributed by atoms with E-state index in [-0.39, 0.29) is 6.09 Å². The minimum atomic E-state index is -0.299. The summed E-state index contributed by atoms with van der Waals surface area (Å²) in [6.07, 6.45) is -0.299. The fraction of sp³-hybridized carbons (Fsp3) is 0.182. The summed E-state index contributed by atoms with van der Waals surface area (Å²) in [6.45, 7) is 2.50. The highest BCUT2D eigenvalue weighted by atomic mass is 127. The van der Waals surface area contributed by atoms with Crippen LogP contribution in [0.3, 0.4) is 0 Å². The van der Waals surface area contributed by atoms with E-state index in [2.05, 4.69) is 22.6 Å². The van der Waals surface area contributed by atoms with Crippen LogP contribution in [0.5, 0.6) is 0 Å². The Morgan fingerprint density at radius 1 is 1.47 bits per heavy atom. The second kappa shape index (κ2) is 4.22. The van der Waals surface area contributed by atoms with Gasteiger partial charge in [-0.05, 0) is 41.1 Å². The zero-order chi connectivity index (χ0) is 10.8. The van der Waals surface area contributed by atoms with Crippen molar-refractivity contribution in [1.29, 1.82) is 0 Å². The number of aryl methyl sites for hydroxylation is 1. The quantitative estimate of drug-likeness (QED) is 0.745. The number of halogens is 1. The molecule has 0 unspecified atom stereocenters. The highest BCUT2D eigenvalue weighted by Crippen LogP contribution is 2.26. The molecule has 1 amide bonds. The molecule has 0 spiro atoms. The predicted octanol–water partition coefficient (Wildman–Crippen LogP) is 3.23. The van der Waals surface area contributed by atoms with E-state index >= 15 is 0 Å². The minimum Gasteiger partial charge on any atom is -0.412 e. The average Bonchev–Trinajstić information content (AvgIpc) is 2.60. The number of carbonyl (C=O) groups is 1. The Hall–Kier alpha value is -1.04. The summed E-state index contributed by atoms with van der Waals surface area (Å²) in [5.41, 5.74) is 1.99. The van der Waals surface area contributed by atoms with Gasteiger partial charge in [0.1, 0.15) is 5.76 Å². The van der Waals surface area contributed by atoms with E-state index in [1.165, 1.54) is 0 Å². The van der Waals surface area contributed by atoms with E-state index in [0.29, 0.717) is 12.3 Å². The normalized spacial score (nSPS) is 18.4. The number of amides is 1. The van der Waals surface area contributed by atoms with Crippen LogP contribution in [0.15, 0.2) is 34.1 Å². The lowest BCUT2D eigenvalue weighted by Crippen LogP contribution is -2.23. The van der Waals surface area contributed by atoms with Crippen LogP contribution in [-0.4, -0.2) is 12.6 Å². The topological polar surface area (TPSA) is 29.5 Å². The monoisotopic (exact) mass is 315 g/mol. The van der Waals surface area contributed by atoms with Gasteiger partial charge in [-0.15, -0.1) is 0 Å². The summed E-state index contributed by atoms with van der Waals surface area (Å²) in [7, 11) is 0. The van der Waals surface area contributed by atoms with Crippen molar-refractivity contribution in [2.75, 3.05) is 11.4 Å². The third kappa shape index (κ3) is 1.99. The van der Waals surface area contributed by atoms with Gasteiger partial charge in [0, 0.05) is 4.08 Å². The Labute approximate surface area is 102 Å². The molecular formula is C11H10INO2. The second-order valence-electron chi connectivity index (χ2n) is 3.32. The molecule has 0 bridgehead atoms. The van der Waals surface area contributed by atoms with Gasteiger partial charge in [-0.2, -0.15) is 0 Å². The molecule has 2 rings (SSSR count). The standard InChI is InChI=1S/C11H10INO2/c1-8-4-2-3-5-10(8)13-7-9(6-12)15-11(13)14/h2-6H,7H2,1H3. The van der Waals surface area contributed by atoms with Crippen LogP contribution >= 0.6 is 22.6 Å². The van der Waals surface area contributed by atoms with Crippen LogP contribution in [-0.2, 0) is 4.74 Å². The van der Waals surface area contributed by atoms with Crippen LogP contribution in [0.4, 0.5) is 10.5 Å². The summed E-state index contributed by atoms with van der Waals surface area (Å²) in [4.78, 5) is 13.2. The molecule has 1 fully saturated rings. The molecule has 1 aliphatic heterocycles. The molecule has 1 heterocycles. The van der Waals surface area contributed by atoms with Crippen molar-refractivity contribution in [3.8, 4) is 0 Å². The summed E-state index contributed by atoms with van der Waals surface area (Å²) in [5, 5.41) is 0. The predicted molar refractivity (Wildman–Crippen MR) is 67.1 cm³/mol. The molecule has 0 aromatic heterocycles. The highest BCUT2D eigenvalue weighted by molar-refractivity contribution is 14.1. The van der Waals surface area contributed by atoms with Crippen molar-refractivity contribution in [2.24, 2.45) is 0 Å². The summed E-state index contributed by atoms with van der Waals surface area (Å²) in [5.74, 6) is 0.698. The van der Waals surface area contributed by atoms with Crippen molar-refractivity contribution in [3.05, 3.63) is 39.7 Å². The third-order valence-electron chi connectivity index (χ3n) is 2.28. The number of carbonyl (C=O) groups excluding carboxylic acids is 1. The Morgan fingerprint density at radius 2 is 2.20 bits per heavy atom. The van der Waals surface area contributed by atoms with Crippen molar-refractivity contribution in [3.63, 3.8) is 0 Å². The maximum Gasteiger partial charge on any atom is 0.419 e. The molecule has 1 aliphatic rings. The third-order valence-corrected chi connectivity index (χ3v) is 2.98. The molecule has 0 N–H and O–H groups in total. The molecule has 0 saturated carbocycles. The number of hydrogen-bond donors (Lipinski definition) is 0. The van der Waals surface area contributed by atoms with Crippen molar-refractivity contribution >= 4 is 34.4 Å². The largest absolute Gasteiger partial charge is 0.419 e. The smallest absolute Gasteiger partial charge is 0.412 e. The zero-order valence-electron chi connectivity index (χ0n) is 8.24. The van der Waals surface area contributed by atoms with Crippen molar-refractivity contribution in [2.45, 2.75) is 6.92 Å². The number of hydrogen-bond acceptors (Lipinski definition) is 2. The Bertz CT molecular complexity index is 428. The molecule has 4 heteroatoms. The van der Waals surface area contributed by atoms with Crippen molar-refractivity contribution < 1.29 is 9.53 Å². The first-order valence-electron chi connectivity index (χ1n) is 4.56. The van der Waals surface area contributed by atoms with Gasteiger partial charge in [0.05, 0.1) is 12.2 Å². The first-order chi connectivity index (χ1) is 7.22. The molecular weight excluding hydrogens is 305 g/mol. The Kier molecular flexibility index (Phi) is 2.95. The summed E-state index contributed by atoms with van der Waals surface area (Å²) < 4.78 is 6.86. The molecule has 15 heavy (non-hydrogen) atoms. The molecule has 0 aliphatic carbocycles. The number of benzene rings is 1. The van der Waals surface area contributed by atoms with E-state index in [9.17, 15) is 4.79 Å². The van der Waals surface area contributed by atoms with Gasteiger partial charge in [-0.25, -0.2) is 4.79 Å². The molecule has 1 aromatic rings. The van der Waals surface area contributed by atoms with Gasteiger partial charge in [0.15, 0.2) is 0 Å². The SMILES string of the molecule is Cc1ccccc1N1CC(=CI)OC1=O.